The van der Waals surface area contributed by atoms with Crippen molar-refractivity contribution in [1.29, 1.82) is 0 Å². The van der Waals surface area contributed by atoms with Crippen molar-refractivity contribution in [2.24, 2.45) is 5.92 Å². The van der Waals surface area contributed by atoms with E-state index >= 15 is 0 Å². The molecule has 2 atom stereocenters. The van der Waals surface area contributed by atoms with Crippen LogP contribution >= 0.6 is 0 Å². The summed E-state index contributed by atoms with van der Waals surface area (Å²) < 4.78 is 38.1. The molecule has 0 aromatic heterocycles. The summed E-state index contributed by atoms with van der Waals surface area (Å²) in [6.07, 6.45) is 3.32. The molecule has 1 aromatic carbocycles. The van der Waals surface area contributed by atoms with Gasteiger partial charge < -0.3 is 5.73 Å². The topological polar surface area (TPSA) is 60.2 Å². The van der Waals surface area contributed by atoms with Crippen LogP contribution in [-0.4, -0.2) is 13.7 Å². The third kappa shape index (κ3) is 2.51. The number of sulfone groups is 1. The zero-order valence-electron chi connectivity index (χ0n) is 10.4. The van der Waals surface area contributed by atoms with Gasteiger partial charge in [0.25, 0.3) is 0 Å². The van der Waals surface area contributed by atoms with Gasteiger partial charge in [-0.25, -0.2) is 12.8 Å². The molecule has 2 rings (SSSR count). The number of hydrogen-bond donors (Lipinski definition) is 1. The summed E-state index contributed by atoms with van der Waals surface area (Å²) in [5.74, 6) is -0.253. The molecular weight excluding hydrogens is 253 g/mol. The van der Waals surface area contributed by atoms with E-state index in [4.69, 9.17) is 5.73 Å². The highest BCUT2D eigenvalue weighted by Crippen LogP contribution is 2.32. The molecule has 0 heterocycles. The zero-order valence-corrected chi connectivity index (χ0v) is 11.2. The molecule has 3 nitrogen and oxygen atoms in total. The summed E-state index contributed by atoms with van der Waals surface area (Å²) >= 11 is 0. The van der Waals surface area contributed by atoms with Crippen LogP contribution in [-0.2, 0) is 9.84 Å². The second kappa shape index (κ2) is 4.88. The van der Waals surface area contributed by atoms with Gasteiger partial charge in [0, 0.05) is 0 Å². The van der Waals surface area contributed by atoms with Gasteiger partial charge in [0.1, 0.15) is 5.82 Å². The lowest BCUT2D eigenvalue weighted by atomic mass is 9.91. The summed E-state index contributed by atoms with van der Waals surface area (Å²) in [4.78, 5) is 0.0494. The molecule has 0 bridgehead atoms. The molecule has 2 N–H and O–H groups in total. The minimum Gasteiger partial charge on any atom is -0.396 e. The Morgan fingerprint density at radius 1 is 1.33 bits per heavy atom. The molecule has 1 fully saturated rings. The van der Waals surface area contributed by atoms with Crippen molar-refractivity contribution in [3.05, 3.63) is 24.0 Å². The average Bonchev–Trinajstić information content (AvgIpc) is 2.32. The first-order chi connectivity index (χ1) is 8.41. The van der Waals surface area contributed by atoms with Crippen molar-refractivity contribution in [3.8, 4) is 0 Å². The SMILES string of the molecule is CC1CCCC(S(=O)(=O)c2ccc(N)c(F)c2)C1. The Hall–Kier alpha value is -1.10. The van der Waals surface area contributed by atoms with Gasteiger partial charge >= 0.3 is 0 Å². The minimum absolute atomic E-state index is 0.0223. The Morgan fingerprint density at radius 2 is 2.06 bits per heavy atom. The van der Waals surface area contributed by atoms with E-state index in [1.165, 1.54) is 12.1 Å². The van der Waals surface area contributed by atoms with Gasteiger partial charge in [-0.05, 0) is 37.0 Å². The molecule has 1 saturated carbocycles. The third-order valence-corrected chi connectivity index (χ3v) is 5.84. The lowest BCUT2D eigenvalue weighted by molar-refractivity contribution is 0.382. The molecule has 0 amide bonds. The average molecular weight is 271 g/mol. The monoisotopic (exact) mass is 271 g/mol. The van der Waals surface area contributed by atoms with Crippen LogP contribution in [0, 0.1) is 11.7 Å². The van der Waals surface area contributed by atoms with Gasteiger partial charge in [0.05, 0.1) is 15.8 Å². The van der Waals surface area contributed by atoms with Crippen LogP contribution in [0.2, 0.25) is 0 Å². The van der Waals surface area contributed by atoms with Gasteiger partial charge in [-0.15, -0.1) is 0 Å². The molecule has 18 heavy (non-hydrogen) atoms. The first kappa shape index (κ1) is 13.3. The largest absolute Gasteiger partial charge is 0.396 e. The Kier molecular flexibility index (Phi) is 3.61. The Balaban J connectivity index is 2.32. The highest BCUT2D eigenvalue weighted by molar-refractivity contribution is 7.92. The predicted molar refractivity (Wildman–Crippen MR) is 69.4 cm³/mol. The molecule has 0 aliphatic heterocycles. The van der Waals surface area contributed by atoms with Gasteiger partial charge in [0.15, 0.2) is 9.84 Å². The van der Waals surface area contributed by atoms with Gasteiger partial charge in [-0.3, -0.25) is 0 Å². The second-order valence-electron chi connectivity index (χ2n) is 5.12. The molecule has 1 aromatic rings. The standard InChI is InChI=1S/C13H18FNO2S/c1-9-3-2-4-10(7-9)18(16,17)11-5-6-13(15)12(14)8-11/h5-6,8-10H,2-4,7,15H2,1H3. The van der Waals surface area contributed by atoms with Crippen LogP contribution < -0.4 is 5.73 Å². The quantitative estimate of drug-likeness (QED) is 0.841. The third-order valence-electron chi connectivity index (χ3n) is 3.63. The van der Waals surface area contributed by atoms with Crippen LogP contribution in [0.4, 0.5) is 10.1 Å². The van der Waals surface area contributed by atoms with E-state index < -0.39 is 15.7 Å². The highest BCUT2D eigenvalue weighted by atomic mass is 32.2. The summed E-state index contributed by atoms with van der Waals surface area (Å²) in [5.41, 5.74) is 5.34. The molecule has 100 valence electrons. The van der Waals surface area contributed by atoms with Crippen molar-refractivity contribution in [1.82, 2.24) is 0 Å². The fraction of sp³-hybridized carbons (Fsp3) is 0.538. The summed E-state index contributed by atoms with van der Waals surface area (Å²) in [7, 11) is -3.43. The number of nitrogens with two attached hydrogens (primary N) is 1. The fourth-order valence-electron chi connectivity index (χ4n) is 2.54. The number of nitrogen functional groups attached to an aromatic ring is 1. The summed E-state index contributed by atoms with van der Waals surface area (Å²) in [6, 6.07) is 3.74. The number of rotatable bonds is 2. The summed E-state index contributed by atoms with van der Waals surface area (Å²) in [5, 5.41) is -0.385. The van der Waals surface area contributed by atoms with E-state index in [1.807, 2.05) is 0 Å². The zero-order chi connectivity index (χ0) is 13.3. The molecule has 0 radical (unpaired) electrons. The van der Waals surface area contributed by atoms with E-state index in [9.17, 15) is 12.8 Å². The van der Waals surface area contributed by atoms with Crippen molar-refractivity contribution in [3.63, 3.8) is 0 Å². The van der Waals surface area contributed by atoms with Gasteiger partial charge in [-0.2, -0.15) is 0 Å². The second-order valence-corrected chi connectivity index (χ2v) is 7.35. The van der Waals surface area contributed by atoms with Crippen molar-refractivity contribution in [2.75, 3.05) is 5.73 Å². The molecule has 1 aliphatic carbocycles. The van der Waals surface area contributed by atoms with Crippen molar-refractivity contribution in [2.45, 2.75) is 42.8 Å². The molecule has 2 unspecified atom stereocenters. The van der Waals surface area contributed by atoms with Crippen LogP contribution in [0.15, 0.2) is 23.1 Å². The highest BCUT2D eigenvalue weighted by Gasteiger charge is 2.31. The van der Waals surface area contributed by atoms with Crippen LogP contribution in [0.5, 0.6) is 0 Å². The van der Waals surface area contributed by atoms with Gasteiger partial charge in [-0.1, -0.05) is 19.8 Å². The van der Waals surface area contributed by atoms with Gasteiger partial charge in [0.2, 0.25) is 0 Å². The number of benzene rings is 1. The maximum absolute atomic E-state index is 13.4. The predicted octanol–water partition coefficient (Wildman–Crippen LogP) is 2.76. The maximum atomic E-state index is 13.4. The van der Waals surface area contributed by atoms with Crippen molar-refractivity contribution >= 4 is 15.5 Å². The Bertz CT molecular complexity index is 542. The van der Waals surface area contributed by atoms with Crippen LogP contribution in [0.25, 0.3) is 0 Å². The molecule has 1 aliphatic rings. The van der Waals surface area contributed by atoms with E-state index in [-0.39, 0.29) is 15.8 Å². The molecule has 0 spiro atoms. The Morgan fingerprint density at radius 3 is 2.67 bits per heavy atom. The van der Waals surface area contributed by atoms with E-state index in [2.05, 4.69) is 6.92 Å². The molecular formula is C13H18FNO2S. The summed E-state index contributed by atoms with van der Waals surface area (Å²) in [6.45, 7) is 2.06. The Labute approximate surface area is 107 Å². The van der Waals surface area contributed by atoms with Crippen LogP contribution in [0.1, 0.15) is 32.6 Å². The van der Waals surface area contributed by atoms with Crippen LogP contribution in [0.3, 0.4) is 0 Å². The van der Waals surface area contributed by atoms with E-state index in [0.29, 0.717) is 18.8 Å². The van der Waals surface area contributed by atoms with E-state index in [0.717, 1.165) is 18.9 Å². The number of halogens is 1. The lowest BCUT2D eigenvalue weighted by Gasteiger charge is -2.26. The fourth-order valence-corrected chi connectivity index (χ4v) is 4.51. The van der Waals surface area contributed by atoms with E-state index in [1.54, 1.807) is 0 Å². The normalized spacial score (nSPS) is 25.0. The minimum atomic E-state index is -3.43. The first-order valence-corrected chi connectivity index (χ1v) is 7.75. The number of hydrogen-bond acceptors (Lipinski definition) is 3. The lowest BCUT2D eigenvalue weighted by Crippen LogP contribution is -2.27. The van der Waals surface area contributed by atoms with Crippen molar-refractivity contribution < 1.29 is 12.8 Å². The maximum Gasteiger partial charge on any atom is 0.181 e. The smallest absolute Gasteiger partial charge is 0.181 e. The molecule has 0 saturated heterocycles. The first-order valence-electron chi connectivity index (χ1n) is 6.20. The molecule has 5 heteroatoms. The number of anilines is 1.